The van der Waals surface area contributed by atoms with Gasteiger partial charge in [0, 0.05) is 13.1 Å². The fourth-order valence-corrected chi connectivity index (χ4v) is 4.56. The van der Waals surface area contributed by atoms with Gasteiger partial charge in [-0.15, -0.1) is 11.3 Å². The van der Waals surface area contributed by atoms with Gasteiger partial charge in [-0.3, -0.25) is 4.79 Å². The number of rotatable bonds is 3. The molecule has 0 atom stereocenters. The van der Waals surface area contributed by atoms with Crippen LogP contribution in [0.1, 0.15) is 54.6 Å². The smallest absolute Gasteiger partial charge is 0.387 e. The van der Waals surface area contributed by atoms with Gasteiger partial charge in [-0.1, -0.05) is 19.3 Å². The van der Waals surface area contributed by atoms with Crippen LogP contribution in [0.5, 0.6) is 5.75 Å². The molecule has 6 heteroatoms. The second kappa shape index (κ2) is 6.52. The lowest BCUT2D eigenvalue weighted by atomic mass is 9.68. The van der Waals surface area contributed by atoms with E-state index in [1.165, 1.54) is 49.5 Å². The van der Waals surface area contributed by atoms with Gasteiger partial charge in [0.1, 0.15) is 10.6 Å². The van der Waals surface area contributed by atoms with Crippen LogP contribution in [0, 0.1) is 5.41 Å². The van der Waals surface area contributed by atoms with Crippen LogP contribution in [-0.4, -0.2) is 30.5 Å². The van der Waals surface area contributed by atoms with E-state index in [9.17, 15) is 13.6 Å². The summed E-state index contributed by atoms with van der Waals surface area (Å²) in [5.41, 5.74) is 0.423. The lowest BCUT2D eigenvalue weighted by Crippen LogP contribution is -2.43. The molecule has 3 rings (SSSR count). The van der Waals surface area contributed by atoms with Crippen molar-refractivity contribution in [3.05, 3.63) is 16.3 Å². The molecule has 0 bridgehead atoms. The Kier molecular flexibility index (Phi) is 4.66. The number of hydrogen-bond acceptors (Lipinski definition) is 3. The van der Waals surface area contributed by atoms with E-state index in [0.29, 0.717) is 10.3 Å². The van der Waals surface area contributed by atoms with E-state index in [4.69, 9.17) is 0 Å². The van der Waals surface area contributed by atoms with Gasteiger partial charge < -0.3 is 9.64 Å². The molecular weight excluding hydrogens is 308 g/mol. The summed E-state index contributed by atoms with van der Waals surface area (Å²) < 4.78 is 29.2. The highest BCUT2D eigenvalue weighted by molar-refractivity contribution is 7.12. The highest BCUT2D eigenvalue weighted by Crippen LogP contribution is 2.44. The van der Waals surface area contributed by atoms with E-state index < -0.39 is 6.61 Å². The Hall–Kier alpha value is -1.17. The minimum absolute atomic E-state index is 0.00273. The molecule has 1 spiro atoms. The Balaban J connectivity index is 1.63. The van der Waals surface area contributed by atoms with E-state index in [2.05, 4.69) is 4.74 Å². The average Bonchev–Trinajstić information content (AvgIpc) is 2.95. The highest BCUT2D eigenvalue weighted by Gasteiger charge is 2.37. The van der Waals surface area contributed by atoms with Crippen molar-refractivity contribution in [2.24, 2.45) is 5.41 Å². The van der Waals surface area contributed by atoms with Gasteiger partial charge in [-0.25, -0.2) is 0 Å². The van der Waals surface area contributed by atoms with E-state index in [1.54, 1.807) is 10.3 Å². The topological polar surface area (TPSA) is 29.5 Å². The second-order valence-electron chi connectivity index (χ2n) is 6.35. The fourth-order valence-electron chi connectivity index (χ4n) is 3.77. The molecule has 1 saturated carbocycles. The van der Waals surface area contributed by atoms with Crippen LogP contribution >= 0.6 is 11.3 Å². The Labute approximate surface area is 133 Å². The predicted octanol–water partition coefficient (Wildman–Crippen LogP) is 4.54. The Bertz CT molecular complexity index is 516. The monoisotopic (exact) mass is 329 g/mol. The zero-order chi connectivity index (χ0) is 15.6. The van der Waals surface area contributed by atoms with Crippen LogP contribution in [0.25, 0.3) is 0 Å². The van der Waals surface area contributed by atoms with Gasteiger partial charge in [-0.2, -0.15) is 8.78 Å². The number of carbonyl (C=O) groups excluding carboxylic acids is 1. The average molecular weight is 329 g/mol. The van der Waals surface area contributed by atoms with Crippen LogP contribution in [0.4, 0.5) is 8.78 Å². The Morgan fingerprint density at radius 2 is 1.86 bits per heavy atom. The van der Waals surface area contributed by atoms with Gasteiger partial charge in [0.05, 0.1) is 0 Å². The summed E-state index contributed by atoms with van der Waals surface area (Å²) in [6, 6.07) is 1.44. The van der Waals surface area contributed by atoms with Crippen molar-refractivity contribution in [3.8, 4) is 5.75 Å². The lowest BCUT2D eigenvalue weighted by molar-refractivity contribution is -0.0499. The normalized spacial score (nSPS) is 21.3. The molecule has 0 aromatic carbocycles. The molecule has 1 aliphatic carbocycles. The number of carbonyl (C=O) groups is 1. The molecule has 1 amide bonds. The quantitative estimate of drug-likeness (QED) is 0.815. The standard InChI is InChI=1S/C16H21F2NO2S/c17-15(18)21-12-4-11-22-13(12)14(20)19-9-7-16(8-10-19)5-2-1-3-6-16/h4,11,15H,1-3,5-10H2. The minimum atomic E-state index is -2.90. The molecule has 2 aliphatic rings. The molecule has 1 aromatic rings. The summed E-state index contributed by atoms with van der Waals surface area (Å²) in [6.07, 6.45) is 8.54. The third kappa shape index (κ3) is 3.26. The third-order valence-corrected chi connectivity index (χ3v) is 5.95. The molecule has 2 heterocycles. The number of likely N-dealkylation sites (tertiary alicyclic amines) is 1. The maximum absolute atomic E-state index is 12.5. The summed E-state index contributed by atoms with van der Waals surface area (Å²) in [6.45, 7) is -1.44. The van der Waals surface area contributed by atoms with E-state index in [1.807, 2.05) is 0 Å². The number of hydrogen-bond donors (Lipinski definition) is 0. The van der Waals surface area contributed by atoms with Gasteiger partial charge in [0.15, 0.2) is 0 Å². The van der Waals surface area contributed by atoms with E-state index in [0.717, 1.165) is 25.9 Å². The number of thiophene rings is 1. The van der Waals surface area contributed by atoms with Gasteiger partial charge in [0.25, 0.3) is 5.91 Å². The summed E-state index contributed by atoms with van der Waals surface area (Å²) in [5, 5.41) is 1.62. The van der Waals surface area contributed by atoms with Crippen LogP contribution < -0.4 is 4.74 Å². The SMILES string of the molecule is O=C(c1sccc1OC(F)F)N1CCC2(CCCCC2)CC1. The molecular formula is C16H21F2NO2S. The molecule has 0 unspecified atom stereocenters. The Morgan fingerprint density at radius 3 is 2.50 bits per heavy atom. The van der Waals surface area contributed by atoms with Gasteiger partial charge in [-0.05, 0) is 42.5 Å². The number of halogens is 2. The highest BCUT2D eigenvalue weighted by atomic mass is 32.1. The lowest BCUT2D eigenvalue weighted by Gasteiger charge is -2.44. The van der Waals surface area contributed by atoms with Gasteiger partial charge >= 0.3 is 6.61 Å². The van der Waals surface area contributed by atoms with E-state index >= 15 is 0 Å². The maximum Gasteiger partial charge on any atom is 0.387 e. The largest absolute Gasteiger partial charge is 0.433 e. The minimum Gasteiger partial charge on any atom is -0.433 e. The van der Waals surface area contributed by atoms with Crippen molar-refractivity contribution in [2.75, 3.05) is 13.1 Å². The molecule has 1 aromatic heterocycles. The molecule has 0 radical (unpaired) electrons. The summed E-state index contributed by atoms with van der Waals surface area (Å²) in [4.78, 5) is 14.6. The second-order valence-corrected chi connectivity index (χ2v) is 7.26. The molecule has 3 nitrogen and oxygen atoms in total. The molecule has 2 fully saturated rings. The zero-order valence-electron chi connectivity index (χ0n) is 12.5. The van der Waals surface area contributed by atoms with Crippen LogP contribution in [0.15, 0.2) is 11.4 Å². The number of piperidine rings is 1. The number of ether oxygens (including phenoxy) is 1. The Morgan fingerprint density at radius 1 is 1.18 bits per heavy atom. The first kappa shape index (κ1) is 15.7. The van der Waals surface area contributed by atoms with Crippen LogP contribution in [0.3, 0.4) is 0 Å². The van der Waals surface area contributed by atoms with Crippen molar-refractivity contribution in [1.82, 2.24) is 4.90 Å². The first-order chi connectivity index (χ1) is 10.6. The number of amides is 1. The number of nitrogens with zero attached hydrogens (tertiary/aromatic N) is 1. The summed E-state index contributed by atoms with van der Waals surface area (Å²) in [5.74, 6) is -0.167. The molecule has 1 aliphatic heterocycles. The van der Waals surface area contributed by atoms with Crippen molar-refractivity contribution in [3.63, 3.8) is 0 Å². The fraction of sp³-hybridized carbons (Fsp3) is 0.688. The van der Waals surface area contributed by atoms with Gasteiger partial charge in [0.2, 0.25) is 0 Å². The van der Waals surface area contributed by atoms with Crippen molar-refractivity contribution < 1.29 is 18.3 Å². The third-order valence-electron chi connectivity index (χ3n) is 5.06. The van der Waals surface area contributed by atoms with Crippen molar-refractivity contribution in [1.29, 1.82) is 0 Å². The van der Waals surface area contributed by atoms with Crippen LogP contribution in [-0.2, 0) is 0 Å². The molecule has 1 saturated heterocycles. The van der Waals surface area contributed by atoms with Crippen molar-refractivity contribution >= 4 is 17.2 Å². The summed E-state index contributed by atoms with van der Waals surface area (Å²) >= 11 is 1.17. The van der Waals surface area contributed by atoms with Crippen LogP contribution in [0.2, 0.25) is 0 Å². The molecule has 22 heavy (non-hydrogen) atoms. The zero-order valence-corrected chi connectivity index (χ0v) is 13.3. The molecule has 0 N–H and O–H groups in total. The molecule has 122 valence electrons. The maximum atomic E-state index is 12.5. The predicted molar refractivity (Wildman–Crippen MR) is 81.6 cm³/mol. The van der Waals surface area contributed by atoms with E-state index in [-0.39, 0.29) is 11.7 Å². The van der Waals surface area contributed by atoms with Crippen molar-refractivity contribution in [2.45, 2.75) is 51.6 Å². The summed E-state index contributed by atoms with van der Waals surface area (Å²) in [7, 11) is 0. The first-order valence-electron chi connectivity index (χ1n) is 7.91. The first-order valence-corrected chi connectivity index (χ1v) is 8.79. The number of alkyl halides is 2.